The Balaban J connectivity index is 0.000000244. The number of rotatable bonds is 13. The molecule has 3 aliphatic heterocycles. The molecule has 97 heavy (non-hydrogen) atoms. The molecule has 524 valence electrons. The SMILES string of the molecule is CCc1ccccc1F.COC(=O)[C@@H]1CC[C@H](c2ccc(O)cc2)N1C(=O)OC(C)(C)C.COC(=O)[C@@H]1CC[C@H](c2ccc(OCc3ccccc3F)cc2)N1C(=O)OC(C)(C)C.COC(=O)[C@@H]1CC[C@H](c2ccc(OCc3ccccc3F)cc2)N1C(=O)OC(C)(C)C.NC=O. The molecule has 0 spiro atoms. The highest BCUT2D eigenvalue weighted by Crippen LogP contribution is 2.41. The highest BCUT2D eigenvalue weighted by molar-refractivity contribution is 5.84. The van der Waals surface area contributed by atoms with E-state index in [9.17, 15) is 47.0 Å². The minimum absolute atomic E-state index is 0.0972. The first-order valence-corrected chi connectivity index (χ1v) is 31.7. The number of hydrogen-bond acceptors (Lipinski definition) is 16. The van der Waals surface area contributed by atoms with Gasteiger partial charge in [-0.05, 0) is 184 Å². The Bertz CT molecular complexity index is 3380. The van der Waals surface area contributed by atoms with Crippen LogP contribution in [0.1, 0.15) is 159 Å². The Kier molecular flexibility index (Phi) is 29.2. The van der Waals surface area contributed by atoms with Crippen LogP contribution in [0, 0.1) is 17.5 Å². The van der Waals surface area contributed by atoms with E-state index in [1.54, 1.807) is 159 Å². The minimum atomic E-state index is -0.693. The Morgan fingerprint density at radius 2 is 0.701 bits per heavy atom. The number of nitrogens with zero attached hydrogens (tertiary/aromatic N) is 3. The molecule has 3 fully saturated rings. The van der Waals surface area contributed by atoms with Crippen molar-refractivity contribution in [2.24, 2.45) is 5.73 Å². The van der Waals surface area contributed by atoms with Gasteiger partial charge >= 0.3 is 36.2 Å². The monoisotopic (exact) mass is 1350 g/mol. The number of esters is 3. The van der Waals surface area contributed by atoms with Gasteiger partial charge in [-0.3, -0.25) is 19.5 Å². The third-order valence-corrected chi connectivity index (χ3v) is 15.2. The lowest BCUT2D eigenvalue weighted by molar-refractivity contribution is -0.146. The van der Waals surface area contributed by atoms with Gasteiger partial charge in [-0.1, -0.05) is 97.9 Å². The maximum atomic E-state index is 13.8. The van der Waals surface area contributed by atoms with Gasteiger partial charge in [0.05, 0.1) is 39.5 Å². The van der Waals surface area contributed by atoms with Crippen molar-refractivity contribution in [3.8, 4) is 17.2 Å². The number of carbonyl (C=O) groups excluding carboxylic acids is 7. The van der Waals surface area contributed by atoms with Gasteiger partial charge in [-0.2, -0.15) is 0 Å². The van der Waals surface area contributed by atoms with Gasteiger partial charge < -0.3 is 48.7 Å². The van der Waals surface area contributed by atoms with Crippen molar-refractivity contribution in [3.05, 3.63) is 196 Å². The topological polar surface area (TPSA) is 249 Å². The second kappa shape index (κ2) is 36.4. The summed E-state index contributed by atoms with van der Waals surface area (Å²) in [6, 6.07) is 37.9. The number of phenols is 1. The van der Waals surface area contributed by atoms with Crippen LogP contribution in [0.2, 0.25) is 0 Å². The summed E-state index contributed by atoms with van der Waals surface area (Å²) in [5, 5.41) is 9.43. The first-order valence-electron chi connectivity index (χ1n) is 31.7. The summed E-state index contributed by atoms with van der Waals surface area (Å²) in [6.45, 7) is 18.2. The summed E-state index contributed by atoms with van der Waals surface area (Å²) in [6.07, 6.45) is 2.71. The lowest BCUT2D eigenvalue weighted by Crippen LogP contribution is -2.44. The zero-order chi connectivity index (χ0) is 71.8. The predicted octanol–water partition coefficient (Wildman–Crippen LogP) is 14.5. The molecule has 3 N–H and O–H groups in total. The smallest absolute Gasteiger partial charge is 0.411 e. The van der Waals surface area contributed by atoms with E-state index in [4.69, 9.17) is 42.7 Å². The molecule has 6 aromatic carbocycles. The number of hydrogen-bond donors (Lipinski definition) is 2. The molecular formula is C74H91F3N4O16. The Hall–Kier alpha value is -9.80. The molecule has 23 heteroatoms. The standard InChI is InChI=1S/2C24H28FNO5.C17H23NO5.C8H9F.CH3NO/c2*1-24(2,3)31-23(28)26-20(13-14-21(26)22(27)29-4)16-9-11-18(12-10-16)30-15-17-7-5-6-8-19(17)25;1-17(2,3)23-16(21)18-13(9-10-14(18)15(20)22-4)11-5-7-12(19)8-6-11;1-2-7-5-3-4-6-8(7)9;2-1-3/h2*5-12,20-21H,13-15H2,1-4H3;5-8,13-14,19H,9-10H2,1-4H3;3-6H,2H2,1H3;1H,(H2,2,3)/t2*20-,21+;13-,14+;;/m111../s1. The minimum Gasteiger partial charge on any atom is -0.508 e. The number of amides is 4. The summed E-state index contributed by atoms with van der Waals surface area (Å²) in [4.78, 5) is 87.8. The quantitative estimate of drug-likeness (QED) is 0.0619. The summed E-state index contributed by atoms with van der Waals surface area (Å²) >= 11 is 0. The van der Waals surface area contributed by atoms with Crippen LogP contribution in [-0.4, -0.2) is 119 Å². The highest BCUT2D eigenvalue weighted by Gasteiger charge is 2.47. The lowest BCUT2D eigenvalue weighted by atomic mass is 10.0. The average molecular weight is 1350 g/mol. The first-order chi connectivity index (χ1) is 45.9. The molecule has 0 radical (unpaired) electrons. The van der Waals surface area contributed by atoms with Crippen molar-refractivity contribution in [2.75, 3.05) is 21.3 Å². The molecule has 6 atom stereocenters. The Morgan fingerprint density at radius 3 is 0.938 bits per heavy atom. The van der Waals surface area contributed by atoms with E-state index in [1.807, 2.05) is 37.3 Å². The van der Waals surface area contributed by atoms with Crippen LogP contribution in [-0.2, 0) is 67.2 Å². The fraction of sp³-hybridized carbons (Fsp3) is 0.419. The number of phenolic OH excluding ortho intramolecular Hbond substituents is 1. The van der Waals surface area contributed by atoms with E-state index in [-0.39, 0.29) is 61.0 Å². The second-order valence-electron chi connectivity index (χ2n) is 25.6. The number of carbonyl (C=O) groups is 7. The maximum Gasteiger partial charge on any atom is 0.411 e. The van der Waals surface area contributed by atoms with Gasteiger partial charge in [-0.25, -0.2) is 41.9 Å². The average Bonchev–Trinajstić information content (AvgIpc) is 1.69. The van der Waals surface area contributed by atoms with Crippen LogP contribution in [0.3, 0.4) is 0 Å². The van der Waals surface area contributed by atoms with Gasteiger partial charge in [0.2, 0.25) is 6.41 Å². The molecular weight excluding hydrogens is 1260 g/mol. The van der Waals surface area contributed by atoms with E-state index < -0.39 is 71.1 Å². The number of halogens is 3. The van der Waals surface area contributed by atoms with Gasteiger partial charge in [-0.15, -0.1) is 0 Å². The van der Waals surface area contributed by atoms with Crippen molar-refractivity contribution >= 4 is 42.6 Å². The van der Waals surface area contributed by atoms with E-state index in [0.717, 1.165) is 28.7 Å². The van der Waals surface area contributed by atoms with Crippen molar-refractivity contribution in [3.63, 3.8) is 0 Å². The Labute approximate surface area is 566 Å². The number of aromatic hydroxyl groups is 1. The fourth-order valence-corrected chi connectivity index (χ4v) is 10.8. The molecule has 0 bridgehead atoms. The van der Waals surface area contributed by atoms with Crippen molar-refractivity contribution in [1.29, 1.82) is 0 Å². The molecule has 0 unspecified atom stereocenters. The lowest BCUT2D eigenvalue weighted by Gasteiger charge is -2.31. The number of aryl methyl sites for hydroxylation is 1. The van der Waals surface area contributed by atoms with Crippen molar-refractivity contribution < 1.29 is 89.7 Å². The van der Waals surface area contributed by atoms with Crippen LogP contribution < -0.4 is 15.2 Å². The third-order valence-electron chi connectivity index (χ3n) is 15.2. The van der Waals surface area contributed by atoms with Gasteiger partial charge in [0.1, 0.15) is 82.8 Å². The van der Waals surface area contributed by atoms with E-state index in [0.29, 0.717) is 61.2 Å². The van der Waals surface area contributed by atoms with E-state index in [2.05, 4.69) is 5.73 Å². The number of methoxy groups -OCH3 is 3. The van der Waals surface area contributed by atoms with Crippen LogP contribution >= 0.6 is 0 Å². The summed E-state index contributed by atoms with van der Waals surface area (Å²) in [5.74, 6) is -0.774. The number of nitrogens with two attached hydrogens (primary N) is 1. The van der Waals surface area contributed by atoms with Gasteiger partial charge in [0.25, 0.3) is 0 Å². The maximum absolute atomic E-state index is 13.8. The first kappa shape index (κ1) is 77.9. The molecule has 3 aliphatic rings. The molecule has 0 aliphatic carbocycles. The number of primary amides is 1. The van der Waals surface area contributed by atoms with Crippen LogP contribution in [0.5, 0.6) is 17.2 Å². The number of ether oxygens (including phenoxy) is 8. The van der Waals surface area contributed by atoms with Crippen LogP contribution in [0.4, 0.5) is 27.6 Å². The number of likely N-dealkylation sites (tertiary alicyclic amines) is 3. The third kappa shape index (κ3) is 23.5. The summed E-state index contributed by atoms with van der Waals surface area (Å²) in [7, 11) is 3.93. The zero-order valence-corrected chi connectivity index (χ0v) is 57.4. The Morgan fingerprint density at radius 1 is 0.443 bits per heavy atom. The summed E-state index contributed by atoms with van der Waals surface area (Å²) in [5.41, 5.74) is 6.44. The highest BCUT2D eigenvalue weighted by atomic mass is 19.1. The molecule has 0 saturated carbocycles. The number of benzene rings is 6. The normalized spacial score (nSPS) is 17.9. The molecule has 6 aromatic rings. The largest absolute Gasteiger partial charge is 0.508 e. The molecule has 0 aromatic heterocycles. The van der Waals surface area contributed by atoms with E-state index in [1.165, 1.54) is 54.2 Å². The van der Waals surface area contributed by atoms with Crippen LogP contribution in [0.15, 0.2) is 146 Å². The second-order valence-corrected chi connectivity index (χ2v) is 25.6. The van der Waals surface area contributed by atoms with E-state index >= 15 is 0 Å². The molecule has 4 amide bonds. The van der Waals surface area contributed by atoms with Crippen molar-refractivity contribution in [1.82, 2.24) is 14.7 Å². The van der Waals surface area contributed by atoms with Gasteiger partial charge in [0, 0.05) is 11.1 Å². The van der Waals surface area contributed by atoms with Crippen molar-refractivity contribution in [2.45, 2.75) is 180 Å². The zero-order valence-electron chi connectivity index (χ0n) is 57.4. The van der Waals surface area contributed by atoms with Crippen LogP contribution in [0.25, 0.3) is 0 Å². The fourth-order valence-electron chi connectivity index (χ4n) is 10.8. The molecule has 9 rings (SSSR count). The van der Waals surface area contributed by atoms with Gasteiger partial charge in [0.15, 0.2) is 0 Å². The molecule has 20 nitrogen and oxygen atoms in total. The molecule has 3 heterocycles. The predicted molar refractivity (Wildman–Crippen MR) is 356 cm³/mol. The summed E-state index contributed by atoms with van der Waals surface area (Å²) < 4.78 is 82.6. The molecule has 3 saturated heterocycles.